The second-order valence-electron chi connectivity index (χ2n) is 15.0. The molecule has 1 fully saturated rings. The lowest BCUT2D eigenvalue weighted by Crippen LogP contribution is -2.59. The Labute approximate surface area is 337 Å². The van der Waals surface area contributed by atoms with E-state index in [0.29, 0.717) is 5.56 Å². The van der Waals surface area contributed by atoms with Crippen LogP contribution in [0, 0.1) is 11.8 Å². The fourth-order valence-electron chi connectivity index (χ4n) is 6.69. The highest BCUT2D eigenvalue weighted by Crippen LogP contribution is 2.27. The van der Waals surface area contributed by atoms with Gasteiger partial charge >= 0.3 is 11.9 Å². The number of aliphatic carboxylic acids is 2. The average Bonchev–Trinajstić information content (AvgIpc) is 3.69. The van der Waals surface area contributed by atoms with E-state index in [2.05, 4.69) is 36.9 Å². The lowest BCUT2D eigenvalue weighted by Gasteiger charge is -2.29. The van der Waals surface area contributed by atoms with E-state index in [4.69, 9.17) is 5.73 Å². The van der Waals surface area contributed by atoms with Crippen LogP contribution >= 0.6 is 0 Å². The second kappa shape index (κ2) is 24.0. The summed E-state index contributed by atoms with van der Waals surface area (Å²) in [6.07, 6.45) is 7.95. The van der Waals surface area contributed by atoms with Crippen LogP contribution in [0.1, 0.15) is 83.6 Å². The number of hydrogen-bond donors (Lipinski definition) is 9. The molecule has 1 aromatic heterocycles. The Bertz CT molecular complexity index is 1680. The molecule has 19 nitrogen and oxygen atoms in total. The summed E-state index contributed by atoms with van der Waals surface area (Å²) in [6.45, 7) is 3.60. The molecule has 0 radical (unpaired) electrons. The van der Waals surface area contributed by atoms with E-state index in [-0.39, 0.29) is 57.2 Å². The van der Waals surface area contributed by atoms with E-state index >= 15 is 0 Å². The largest absolute Gasteiger partial charge is 0.481 e. The molecule has 1 saturated carbocycles. The number of nitrogens with one attached hydrogen (secondary N) is 6. The molecule has 3 rings (SSSR count). The van der Waals surface area contributed by atoms with Gasteiger partial charge in [-0.3, -0.25) is 38.9 Å². The molecule has 58 heavy (non-hydrogen) atoms. The molecule has 0 bridgehead atoms. The van der Waals surface area contributed by atoms with Gasteiger partial charge in [-0.05, 0) is 36.7 Å². The Kier molecular flexibility index (Phi) is 19.3. The number of hydrogen-bond acceptors (Lipinski definition) is 10. The molecule has 1 aliphatic carbocycles. The van der Waals surface area contributed by atoms with Crippen molar-refractivity contribution in [2.75, 3.05) is 6.54 Å². The van der Waals surface area contributed by atoms with E-state index in [1.54, 1.807) is 67.5 Å². The number of benzene rings is 1. The van der Waals surface area contributed by atoms with E-state index in [9.17, 15) is 48.6 Å². The van der Waals surface area contributed by atoms with Crippen molar-refractivity contribution in [2.45, 2.75) is 121 Å². The fraction of sp³-hybridized carbons (Fsp3) is 0.564. The molecule has 1 aliphatic rings. The highest BCUT2D eigenvalue weighted by molar-refractivity contribution is 5.97. The smallest absolute Gasteiger partial charge is 0.326 e. The van der Waals surface area contributed by atoms with Crippen LogP contribution in [0.25, 0.3) is 0 Å². The van der Waals surface area contributed by atoms with Gasteiger partial charge in [0.05, 0.1) is 26.0 Å². The number of carboxylic acid groups (broad SMARTS) is 2. The van der Waals surface area contributed by atoms with Crippen molar-refractivity contribution < 1.29 is 48.6 Å². The Balaban J connectivity index is 1.78. The number of rotatable bonds is 25. The molecule has 6 amide bonds. The maximum atomic E-state index is 14.0. The van der Waals surface area contributed by atoms with Gasteiger partial charge in [0.1, 0.15) is 30.2 Å². The highest BCUT2D eigenvalue weighted by atomic mass is 16.4. The quantitative estimate of drug-likeness (QED) is 0.0638. The zero-order valence-corrected chi connectivity index (χ0v) is 33.0. The van der Waals surface area contributed by atoms with E-state index in [1.165, 1.54) is 0 Å². The van der Waals surface area contributed by atoms with Crippen LogP contribution in [0.5, 0.6) is 0 Å². The molecule has 0 spiro atoms. The van der Waals surface area contributed by atoms with Gasteiger partial charge in [-0.25, -0.2) is 9.78 Å². The normalized spacial score (nSPS) is 15.5. The van der Waals surface area contributed by atoms with Crippen molar-refractivity contribution in [2.24, 2.45) is 17.6 Å². The summed E-state index contributed by atoms with van der Waals surface area (Å²) in [6, 6.07) is 1.74. The summed E-state index contributed by atoms with van der Waals surface area (Å²) in [5, 5.41) is 35.2. The fourth-order valence-corrected chi connectivity index (χ4v) is 6.69. The summed E-state index contributed by atoms with van der Waals surface area (Å²) in [4.78, 5) is 107. The number of nitrogens with two attached hydrogens (primary N) is 1. The van der Waals surface area contributed by atoms with Crippen LogP contribution in [0.2, 0.25) is 0 Å². The third-order valence-corrected chi connectivity index (χ3v) is 9.65. The zero-order chi connectivity index (χ0) is 42.6. The number of carboxylic acids is 2. The predicted molar refractivity (Wildman–Crippen MR) is 209 cm³/mol. The third kappa shape index (κ3) is 17.1. The SMILES string of the molecule is CC(C)C[C@H](NC(=O)[C@H](CC(=O)O)NC(=O)[C@H](CC1CCCCC1)NC(=O)[C@H](CCC(N)=O)NC(=O)CNCn1ccnc1)C(=O)N[C@@H](Cc1ccccc1)C(=O)O. The first-order valence-corrected chi connectivity index (χ1v) is 19.5. The Morgan fingerprint density at radius 3 is 2.00 bits per heavy atom. The molecule has 5 atom stereocenters. The molecular formula is C39H57N9O10. The number of nitrogens with zero attached hydrogens (tertiary/aromatic N) is 2. The van der Waals surface area contributed by atoms with Crippen molar-refractivity contribution in [3.8, 4) is 0 Å². The number of amides is 6. The van der Waals surface area contributed by atoms with Crippen LogP contribution in [0.4, 0.5) is 0 Å². The standard InChI is InChI=1S/C39H57N9O10/c1-24(2)17-28(36(54)47-31(39(57)58)19-26-11-7-4-8-12-26)44-38(56)30(20-34(51)52)46-37(55)29(18-25-9-5-3-6-10-25)45-35(53)27(13-14-32(40)49)43-33(50)21-42-23-48-16-15-41-22-48/h4,7-8,11-12,15-16,22,24-25,27-31,42H,3,5-6,9-10,13-14,17-21,23H2,1-2H3,(H2,40,49)(H,43,50)(H,44,56)(H,45,53)(H,46,55)(H,47,54)(H,51,52)(H,57,58)/t27-,28-,29-,30-,31-/m0/s1. The first-order chi connectivity index (χ1) is 27.6. The predicted octanol–water partition coefficient (Wildman–Crippen LogP) is -0.0618. The Hall–Kier alpha value is -5.85. The molecule has 0 aliphatic heterocycles. The monoisotopic (exact) mass is 811 g/mol. The zero-order valence-electron chi connectivity index (χ0n) is 33.0. The van der Waals surface area contributed by atoms with Crippen LogP contribution in [-0.2, 0) is 51.4 Å². The van der Waals surface area contributed by atoms with Gasteiger partial charge in [-0.1, -0.05) is 76.3 Å². The number of primary amides is 1. The van der Waals surface area contributed by atoms with Crippen molar-refractivity contribution in [1.29, 1.82) is 0 Å². The summed E-state index contributed by atoms with van der Waals surface area (Å²) < 4.78 is 1.68. The number of aromatic nitrogens is 2. The van der Waals surface area contributed by atoms with E-state index in [0.717, 1.165) is 32.1 Å². The average molecular weight is 812 g/mol. The minimum absolute atomic E-state index is 0.000211. The second-order valence-corrected chi connectivity index (χ2v) is 15.0. The maximum absolute atomic E-state index is 14.0. The van der Waals surface area contributed by atoms with Crippen molar-refractivity contribution in [1.82, 2.24) is 41.5 Å². The molecule has 0 saturated heterocycles. The maximum Gasteiger partial charge on any atom is 0.326 e. The van der Waals surface area contributed by atoms with Gasteiger partial charge in [-0.15, -0.1) is 0 Å². The van der Waals surface area contributed by atoms with Crippen molar-refractivity contribution in [3.05, 3.63) is 54.6 Å². The van der Waals surface area contributed by atoms with Crippen LogP contribution in [0.15, 0.2) is 49.1 Å². The minimum Gasteiger partial charge on any atom is -0.481 e. The molecule has 10 N–H and O–H groups in total. The van der Waals surface area contributed by atoms with Crippen molar-refractivity contribution in [3.63, 3.8) is 0 Å². The van der Waals surface area contributed by atoms with Gasteiger partial charge in [-0.2, -0.15) is 0 Å². The summed E-state index contributed by atoms with van der Waals surface area (Å²) in [7, 11) is 0. The minimum atomic E-state index is -1.70. The first-order valence-electron chi connectivity index (χ1n) is 19.5. The number of carbonyl (C=O) groups excluding carboxylic acids is 6. The molecule has 2 aromatic rings. The molecule has 1 heterocycles. The lowest BCUT2D eigenvalue weighted by atomic mass is 9.84. The van der Waals surface area contributed by atoms with E-state index in [1.807, 2.05) is 0 Å². The van der Waals surface area contributed by atoms with Gasteiger partial charge in [0.2, 0.25) is 35.4 Å². The molecule has 318 valence electrons. The van der Waals surface area contributed by atoms with E-state index < -0.39 is 84.0 Å². The Morgan fingerprint density at radius 2 is 1.40 bits per heavy atom. The number of imidazole rings is 1. The van der Waals surface area contributed by atoms with Crippen LogP contribution in [-0.4, -0.2) is 104 Å². The summed E-state index contributed by atoms with van der Waals surface area (Å²) >= 11 is 0. The highest BCUT2D eigenvalue weighted by Gasteiger charge is 2.35. The topological polar surface area (TPSA) is 293 Å². The van der Waals surface area contributed by atoms with Gasteiger partial charge < -0.3 is 47.1 Å². The van der Waals surface area contributed by atoms with Gasteiger partial charge in [0.15, 0.2) is 0 Å². The molecule has 1 aromatic carbocycles. The molecular weight excluding hydrogens is 754 g/mol. The first kappa shape index (κ1) is 46.5. The summed E-state index contributed by atoms with van der Waals surface area (Å²) in [5.74, 6) is -7.70. The number of carbonyl (C=O) groups is 8. The van der Waals surface area contributed by atoms with Gasteiger partial charge in [0, 0.05) is 25.2 Å². The lowest BCUT2D eigenvalue weighted by molar-refractivity contribution is -0.143. The molecule has 19 heteroatoms. The third-order valence-electron chi connectivity index (χ3n) is 9.65. The van der Waals surface area contributed by atoms with Gasteiger partial charge in [0.25, 0.3) is 0 Å². The summed E-state index contributed by atoms with van der Waals surface area (Å²) in [5.41, 5.74) is 6.00. The molecule has 0 unspecified atom stereocenters. The van der Waals surface area contributed by atoms with Crippen LogP contribution < -0.4 is 37.6 Å². The van der Waals surface area contributed by atoms with Crippen LogP contribution in [0.3, 0.4) is 0 Å². The van der Waals surface area contributed by atoms with Crippen molar-refractivity contribution >= 4 is 47.4 Å². The Morgan fingerprint density at radius 1 is 0.793 bits per heavy atom.